The number of rotatable bonds is 5. The summed E-state index contributed by atoms with van der Waals surface area (Å²) in [5.41, 5.74) is 5.04. The lowest BCUT2D eigenvalue weighted by Gasteiger charge is -2.19. The predicted molar refractivity (Wildman–Crippen MR) is 60.1 cm³/mol. The molecule has 0 amide bonds. The lowest BCUT2D eigenvalue weighted by Crippen LogP contribution is -2.32. The van der Waals surface area contributed by atoms with E-state index in [4.69, 9.17) is 11.1 Å². The molecule has 0 aliphatic heterocycles. The molecule has 0 fully saturated rings. The second kappa shape index (κ2) is 4.96. The van der Waals surface area contributed by atoms with Gasteiger partial charge in [-0.25, -0.2) is 0 Å². The molecule has 1 aromatic rings. The van der Waals surface area contributed by atoms with Crippen LogP contribution in [-0.4, -0.2) is 33.0 Å². The number of hydrogen-bond acceptors (Lipinski definition) is 6. The molecule has 0 atom stereocenters. The predicted octanol–water partition coefficient (Wildman–Crippen LogP) is -0.245. The van der Waals surface area contributed by atoms with Gasteiger partial charge in [-0.3, -0.25) is 5.41 Å². The Hall–Kier alpha value is -2.31. The van der Waals surface area contributed by atoms with Crippen LogP contribution in [-0.2, 0) is 0 Å². The molecule has 1 heterocycles. The van der Waals surface area contributed by atoms with Crippen LogP contribution in [0.3, 0.4) is 0 Å². The van der Waals surface area contributed by atoms with Crippen LogP contribution in [0.2, 0.25) is 0 Å². The summed E-state index contributed by atoms with van der Waals surface area (Å²) in [7, 11) is 0. The normalized spacial score (nSPS) is 9.75. The van der Waals surface area contributed by atoms with Crippen LogP contribution in [0.5, 0.6) is 0 Å². The van der Waals surface area contributed by atoms with Crippen LogP contribution >= 0.6 is 0 Å². The Morgan fingerprint density at radius 1 is 1.38 bits per heavy atom. The highest BCUT2D eigenvalue weighted by molar-refractivity contribution is 5.35. The fourth-order valence-corrected chi connectivity index (χ4v) is 1.12. The summed E-state index contributed by atoms with van der Waals surface area (Å²) < 4.78 is 0.406. The quantitative estimate of drug-likeness (QED) is 0.471. The van der Waals surface area contributed by atoms with Gasteiger partial charge in [0, 0.05) is 13.1 Å². The molecular weight excluding hydrogens is 208 g/mol. The fourth-order valence-electron chi connectivity index (χ4n) is 1.12. The van der Waals surface area contributed by atoms with E-state index in [1.807, 2.05) is 0 Å². The van der Waals surface area contributed by atoms with Gasteiger partial charge in [-0.2, -0.15) is 9.97 Å². The third-order valence-corrected chi connectivity index (χ3v) is 1.82. The van der Waals surface area contributed by atoms with Gasteiger partial charge in [0.05, 0.1) is 0 Å². The van der Waals surface area contributed by atoms with Crippen LogP contribution in [0.1, 0.15) is 0 Å². The summed E-state index contributed by atoms with van der Waals surface area (Å²) in [6.07, 6.45) is 3.35. The molecule has 86 valence electrons. The molecule has 0 spiro atoms. The molecule has 0 aromatic carbocycles. The van der Waals surface area contributed by atoms with Crippen molar-refractivity contribution in [2.45, 2.75) is 0 Å². The Morgan fingerprint density at radius 3 is 2.38 bits per heavy atom. The lowest BCUT2D eigenvalue weighted by molar-refractivity contribution is 0.168. The van der Waals surface area contributed by atoms with Crippen molar-refractivity contribution in [1.29, 1.82) is 5.41 Å². The molecule has 4 N–H and O–H groups in total. The molecule has 0 unspecified atom stereocenters. The van der Waals surface area contributed by atoms with E-state index in [-0.39, 0.29) is 17.5 Å². The maximum Gasteiger partial charge on any atom is 0.262 e. The van der Waals surface area contributed by atoms with E-state index in [9.17, 15) is 5.21 Å². The van der Waals surface area contributed by atoms with Gasteiger partial charge >= 0.3 is 0 Å². The zero-order chi connectivity index (χ0) is 12.1. The molecule has 0 saturated heterocycles. The van der Waals surface area contributed by atoms with Gasteiger partial charge in [0.25, 0.3) is 5.62 Å². The van der Waals surface area contributed by atoms with Gasteiger partial charge in [-0.1, -0.05) is 12.2 Å². The van der Waals surface area contributed by atoms with E-state index in [1.165, 1.54) is 0 Å². The zero-order valence-corrected chi connectivity index (χ0v) is 8.80. The van der Waals surface area contributed by atoms with Crippen molar-refractivity contribution >= 4 is 11.9 Å². The zero-order valence-electron chi connectivity index (χ0n) is 8.80. The number of nitrogen functional groups attached to an aromatic ring is 1. The Balaban J connectivity index is 3.14. The van der Waals surface area contributed by atoms with Crippen molar-refractivity contribution in [3.8, 4) is 0 Å². The number of hydrogen-bond donors (Lipinski definition) is 3. The Bertz CT molecular complexity index is 442. The van der Waals surface area contributed by atoms with E-state index in [1.54, 1.807) is 17.1 Å². The first kappa shape index (κ1) is 11.8. The average Bonchev–Trinajstić information content (AvgIpc) is 2.25. The van der Waals surface area contributed by atoms with E-state index >= 15 is 0 Å². The second-order valence-corrected chi connectivity index (χ2v) is 3.00. The van der Waals surface area contributed by atoms with Gasteiger partial charge in [0.1, 0.15) is 0 Å². The van der Waals surface area contributed by atoms with Gasteiger partial charge < -0.3 is 15.8 Å². The molecule has 7 nitrogen and oxygen atoms in total. The monoisotopic (exact) mass is 222 g/mol. The molecule has 0 radical (unpaired) electrons. The highest BCUT2D eigenvalue weighted by atomic mass is 16.5. The van der Waals surface area contributed by atoms with E-state index in [2.05, 4.69) is 23.1 Å². The third-order valence-electron chi connectivity index (χ3n) is 1.82. The molecule has 1 aromatic heterocycles. The number of anilines is 2. The molecule has 0 aliphatic rings. The van der Waals surface area contributed by atoms with Crippen LogP contribution in [0.4, 0.5) is 11.9 Å². The average molecular weight is 222 g/mol. The minimum absolute atomic E-state index is 0.187. The summed E-state index contributed by atoms with van der Waals surface area (Å²) in [6, 6.07) is 0. The van der Waals surface area contributed by atoms with Gasteiger partial charge in [0.15, 0.2) is 0 Å². The van der Waals surface area contributed by atoms with Crippen LogP contribution in [0.25, 0.3) is 0 Å². The summed E-state index contributed by atoms with van der Waals surface area (Å²) in [5, 5.41) is 16.6. The number of nitrogens with two attached hydrogens (primary N) is 1. The molecule has 1 rings (SSSR count). The van der Waals surface area contributed by atoms with Crippen LogP contribution in [0, 0.1) is 5.41 Å². The minimum Gasteiger partial charge on any atom is -0.422 e. The van der Waals surface area contributed by atoms with Crippen molar-refractivity contribution in [2.24, 2.45) is 0 Å². The standard InChI is InChI=1S/C9H14N6O/c1-3-5-14(6-4-2)9-12-7(10)15(16)8(11)13-9/h3-4,16H,1-2,5-6H2,(H3,10,11,12,13). The Morgan fingerprint density at radius 2 is 1.94 bits per heavy atom. The highest BCUT2D eigenvalue weighted by Crippen LogP contribution is 2.05. The summed E-state index contributed by atoms with van der Waals surface area (Å²) in [5.74, 6) is 0.0701. The van der Waals surface area contributed by atoms with Crippen molar-refractivity contribution < 1.29 is 5.21 Å². The first-order valence-electron chi connectivity index (χ1n) is 4.57. The number of nitrogens with one attached hydrogen (secondary N) is 1. The van der Waals surface area contributed by atoms with Crippen molar-refractivity contribution in [3.63, 3.8) is 0 Å². The maximum absolute atomic E-state index is 9.19. The van der Waals surface area contributed by atoms with Crippen LogP contribution in [0.15, 0.2) is 25.3 Å². The molecule has 0 saturated carbocycles. The summed E-state index contributed by atoms with van der Waals surface area (Å²) in [6.45, 7) is 8.21. The van der Waals surface area contributed by atoms with Gasteiger partial charge in [-0.15, -0.1) is 17.9 Å². The van der Waals surface area contributed by atoms with Crippen LogP contribution < -0.4 is 16.3 Å². The number of nitrogens with zero attached hydrogens (tertiary/aromatic N) is 4. The minimum atomic E-state index is -0.374. The molecule has 7 heteroatoms. The van der Waals surface area contributed by atoms with E-state index in [0.717, 1.165) is 0 Å². The number of aromatic nitrogens is 3. The largest absolute Gasteiger partial charge is 0.422 e. The lowest BCUT2D eigenvalue weighted by atomic mass is 10.5. The Kier molecular flexibility index (Phi) is 3.65. The topological polar surface area (TPSA) is 104 Å². The summed E-state index contributed by atoms with van der Waals surface area (Å²) in [4.78, 5) is 9.37. The third kappa shape index (κ3) is 2.38. The highest BCUT2D eigenvalue weighted by Gasteiger charge is 2.09. The van der Waals surface area contributed by atoms with Crippen molar-refractivity contribution in [1.82, 2.24) is 14.7 Å². The van der Waals surface area contributed by atoms with Crippen molar-refractivity contribution in [2.75, 3.05) is 23.7 Å². The van der Waals surface area contributed by atoms with Crippen molar-refractivity contribution in [3.05, 3.63) is 30.9 Å². The smallest absolute Gasteiger partial charge is 0.262 e. The van der Waals surface area contributed by atoms with Gasteiger partial charge in [-0.05, 0) is 0 Å². The first-order chi connectivity index (χ1) is 7.60. The summed E-state index contributed by atoms with van der Waals surface area (Å²) >= 11 is 0. The molecular formula is C9H14N6O. The van der Waals surface area contributed by atoms with Gasteiger partial charge in [0.2, 0.25) is 11.9 Å². The molecule has 0 aliphatic carbocycles. The fraction of sp³-hybridized carbons (Fsp3) is 0.222. The molecule has 16 heavy (non-hydrogen) atoms. The second-order valence-electron chi connectivity index (χ2n) is 3.00. The Labute approximate surface area is 92.6 Å². The maximum atomic E-state index is 9.19. The first-order valence-corrected chi connectivity index (χ1v) is 4.57. The van der Waals surface area contributed by atoms with E-state index in [0.29, 0.717) is 17.8 Å². The van der Waals surface area contributed by atoms with E-state index < -0.39 is 0 Å². The SMILES string of the molecule is C=CCN(CC=C)c1nc(N)n(O)c(=N)n1. The molecule has 0 bridgehead atoms.